The number of aliphatic imine (C=N–C) groups is 1. The highest BCUT2D eigenvalue weighted by Gasteiger charge is 2.32. The Morgan fingerprint density at radius 1 is 1.17 bits per heavy atom. The average molecular weight is 417 g/mol. The number of hydrogen-bond acceptors (Lipinski definition) is 4. The third-order valence-corrected chi connectivity index (χ3v) is 6.52. The smallest absolute Gasteiger partial charge is 0.225 e. The molecule has 2 aliphatic heterocycles. The van der Waals surface area contributed by atoms with Crippen molar-refractivity contribution in [1.82, 2.24) is 15.5 Å². The van der Waals surface area contributed by atoms with Crippen LogP contribution in [0.15, 0.2) is 27.8 Å². The van der Waals surface area contributed by atoms with Gasteiger partial charge in [0.25, 0.3) is 0 Å². The van der Waals surface area contributed by atoms with Crippen molar-refractivity contribution in [3.05, 3.63) is 24.2 Å². The van der Waals surface area contributed by atoms with Crippen molar-refractivity contribution in [1.29, 1.82) is 0 Å². The number of likely N-dealkylation sites (tertiary alicyclic amines) is 1. The molecule has 0 spiro atoms. The highest BCUT2D eigenvalue weighted by molar-refractivity contribution is 5.81. The Balaban J connectivity index is 1.29. The molecule has 2 N–H and O–H groups in total. The van der Waals surface area contributed by atoms with Crippen LogP contribution >= 0.6 is 0 Å². The van der Waals surface area contributed by atoms with Crippen LogP contribution in [0.4, 0.5) is 0 Å². The summed E-state index contributed by atoms with van der Waals surface area (Å²) in [5, 5.41) is 7.01. The van der Waals surface area contributed by atoms with Crippen LogP contribution in [0, 0.1) is 5.92 Å². The number of nitrogens with zero attached hydrogens (tertiary/aromatic N) is 2. The fourth-order valence-electron chi connectivity index (χ4n) is 4.76. The summed E-state index contributed by atoms with van der Waals surface area (Å²) in [5.41, 5.74) is 0. The van der Waals surface area contributed by atoms with Crippen LogP contribution < -0.4 is 10.6 Å². The maximum absolute atomic E-state index is 12.7. The normalized spacial score (nSPS) is 25.6. The first-order valence-corrected chi connectivity index (χ1v) is 11.8. The number of hydrogen-bond donors (Lipinski definition) is 2. The molecular formula is C23H36N4O3. The van der Waals surface area contributed by atoms with E-state index in [1.807, 2.05) is 12.1 Å². The number of rotatable bonds is 7. The Hall–Kier alpha value is -2.02. The molecule has 2 atom stereocenters. The quantitative estimate of drug-likeness (QED) is 0.528. The van der Waals surface area contributed by atoms with Gasteiger partial charge in [-0.25, -0.2) is 0 Å². The van der Waals surface area contributed by atoms with E-state index in [2.05, 4.69) is 15.5 Å². The SMILES string of the molecule is O=C(C1CCCC1)N1CCC(NC(=NCC2CCCCO2)NCCc2ccco2)C1. The van der Waals surface area contributed by atoms with E-state index in [0.29, 0.717) is 12.5 Å². The number of nitrogens with one attached hydrogen (secondary N) is 2. The third kappa shape index (κ3) is 6.00. The van der Waals surface area contributed by atoms with E-state index in [4.69, 9.17) is 14.1 Å². The second-order valence-electron chi connectivity index (χ2n) is 8.83. The summed E-state index contributed by atoms with van der Waals surface area (Å²) < 4.78 is 11.3. The maximum atomic E-state index is 12.7. The van der Waals surface area contributed by atoms with Gasteiger partial charge >= 0.3 is 0 Å². The van der Waals surface area contributed by atoms with Gasteiger partial charge < -0.3 is 24.7 Å². The zero-order valence-electron chi connectivity index (χ0n) is 18.0. The van der Waals surface area contributed by atoms with E-state index in [1.54, 1.807) is 6.26 Å². The Bertz CT molecular complexity index is 679. The van der Waals surface area contributed by atoms with Gasteiger partial charge in [0.05, 0.1) is 18.9 Å². The van der Waals surface area contributed by atoms with Gasteiger partial charge in [-0.2, -0.15) is 0 Å². The molecule has 3 fully saturated rings. The third-order valence-electron chi connectivity index (χ3n) is 6.52. The Morgan fingerprint density at radius 3 is 2.80 bits per heavy atom. The Morgan fingerprint density at radius 2 is 2.03 bits per heavy atom. The predicted molar refractivity (Wildman–Crippen MR) is 116 cm³/mol. The molecule has 0 bridgehead atoms. The lowest BCUT2D eigenvalue weighted by Crippen LogP contribution is -2.46. The summed E-state index contributed by atoms with van der Waals surface area (Å²) in [6.07, 6.45) is 11.7. The van der Waals surface area contributed by atoms with Crippen LogP contribution in [0.2, 0.25) is 0 Å². The van der Waals surface area contributed by atoms with Crippen LogP contribution in [0.1, 0.15) is 57.1 Å². The fraction of sp³-hybridized carbons (Fsp3) is 0.739. The highest BCUT2D eigenvalue weighted by atomic mass is 16.5. The molecule has 1 saturated carbocycles. The molecule has 3 aliphatic rings. The van der Waals surface area contributed by atoms with Gasteiger partial charge in [0, 0.05) is 44.6 Å². The molecule has 7 nitrogen and oxygen atoms in total. The zero-order valence-corrected chi connectivity index (χ0v) is 18.0. The number of amides is 1. The standard InChI is InChI=1S/C23H36N4O3/c28-22(18-6-1-2-7-18)27-13-11-19(17-27)26-23(24-12-10-20-9-5-15-29-20)25-16-21-8-3-4-14-30-21/h5,9,15,18-19,21H,1-4,6-8,10-14,16-17H2,(H2,24,25,26). The zero-order chi connectivity index (χ0) is 20.6. The van der Waals surface area contributed by atoms with Gasteiger partial charge in [0.1, 0.15) is 5.76 Å². The van der Waals surface area contributed by atoms with Gasteiger partial charge in [0.2, 0.25) is 5.91 Å². The number of guanidine groups is 1. The minimum atomic E-state index is 0.214. The van der Waals surface area contributed by atoms with Gasteiger partial charge in [-0.05, 0) is 50.7 Å². The van der Waals surface area contributed by atoms with E-state index >= 15 is 0 Å². The summed E-state index contributed by atoms with van der Waals surface area (Å²) in [6.45, 7) is 3.89. The molecule has 1 amide bonds. The van der Waals surface area contributed by atoms with Crippen molar-refractivity contribution < 1.29 is 13.9 Å². The van der Waals surface area contributed by atoms with Crippen LogP contribution in [0.25, 0.3) is 0 Å². The molecule has 1 aliphatic carbocycles. The highest BCUT2D eigenvalue weighted by Crippen LogP contribution is 2.27. The van der Waals surface area contributed by atoms with Crippen LogP contribution in [-0.4, -0.2) is 61.7 Å². The number of furan rings is 1. The molecule has 3 heterocycles. The minimum absolute atomic E-state index is 0.214. The molecule has 2 saturated heterocycles. The van der Waals surface area contributed by atoms with E-state index in [1.165, 1.54) is 19.3 Å². The maximum Gasteiger partial charge on any atom is 0.225 e. The molecule has 0 aromatic carbocycles. The number of ether oxygens (including phenoxy) is 1. The number of carbonyl (C=O) groups excluding carboxylic acids is 1. The lowest BCUT2D eigenvalue weighted by molar-refractivity contribution is -0.134. The molecule has 166 valence electrons. The molecule has 30 heavy (non-hydrogen) atoms. The van der Waals surface area contributed by atoms with E-state index in [9.17, 15) is 4.79 Å². The van der Waals surface area contributed by atoms with E-state index in [0.717, 1.165) is 76.5 Å². The summed E-state index contributed by atoms with van der Waals surface area (Å²) in [4.78, 5) is 19.6. The number of carbonyl (C=O) groups is 1. The lowest BCUT2D eigenvalue weighted by Gasteiger charge is -2.23. The van der Waals surface area contributed by atoms with Crippen molar-refractivity contribution in [2.45, 2.75) is 69.9 Å². The van der Waals surface area contributed by atoms with Crippen LogP contribution in [0.3, 0.4) is 0 Å². The Labute approximate surface area is 179 Å². The van der Waals surface area contributed by atoms with Gasteiger partial charge in [-0.1, -0.05) is 12.8 Å². The van der Waals surface area contributed by atoms with Crippen molar-refractivity contribution in [2.24, 2.45) is 10.9 Å². The van der Waals surface area contributed by atoms with Crippen LogP contribution in [-0.2, 0) is 16.0 Å². The second-order valence-corrected chi connectivity index (χ2v) is 8.83. The topological polar surface area (TPSA) is 79.1 Å². The summed E-state index contributed by atoms with van der Waals surface area (Å²) in [7, 11) is 0. The molecule has 7 heteroatoms. The average Bonchev–Trinajstić information content (AvgIpc) is 3.55. The first kappa shape index (κ1) is 21.2. The van der Waals surface area contributed by atoms with Gasteiger partial charge in [0.15, 0.2) is 5.96 Å². The van der Waals surface area contributed by atoms with E-state index < -0.39 is 0 Å². The largest absolute Gasteiger partial charge is 0.469 e. The molecule has 1 aromatic rings. The lowest BCUT2D eigenvalue weighted by atomic mass is 10.1. The minimum Gasteiger partial charge on any atom is -0.469 e. The second kappa shape index (κ2) is 10.8. The predicted octanol–water partition coefficient (Wildman–Crippen LogP) is 2.72. The molecule has 2 unspecified atom stereocenters. The molecule has 4 rings (SSSR count). The first-order valence-electron chi connectivity index (χ1n) is 11.8. The van der Waals surface area contributed by atoms with Crippen LogP contribution in [0.5, 0.6) is 0 Å². The van der Waals surface area contributed by atoms with Crippen molar-refractivity contribution in [2.75, 3.05) is 32.8 Å². The molecule has 0 radical (unpaired) electrons. The molecular weight excluding hydrogens is 380 g/mol. The summed E-state index contributed by atoms with van der Waals surface area (Å²) in [5.74, 6) is 2.39. The monoisotopic (exact) mass is 416 g/mol. The fourth-order valence-corrected chi connectivity index (χ4v) is 4.76. The summed E-state index contributed by atoms with van der Waals surface area (Å²) >= 11 is 0. The van der Waals surface area contributed by atoms with Gasteiger partial charge in [-0.15, -0.1) is 0 Å². The Kier molecular flexibility index (Phi) is 7.67. The van der Waals surface area contributed by atoms with E-state index in [-0.39, 0.29) is 18.1 Å². The molecule has 1 aromatic heterocycles. The first-order chi connectivity index (χ1) is 14.8. The van der Waals surface area contributed by atoms with Crippen molar-refractivity contribution >= 4 is 11.9 Å². The van der Waals surface area contributed by atoms with Gasteiger partial charge in [-0.3, -0.25) is 9.79 Å². The van der Waals surface area contributed by atoms with Crippen molar-refractivity contribution in [3.8, 4) is 0 Å². The summed E-state index contributed by atoms with van der Waals surface area (Å²) in [6, 6.07) is 4.15. The van der Waals surface area contributed by atoms with Crippen molar-refractivity contribution in [3.63, 3.8) is 0 Å².